The minimum atomic E-state index is -2.80. The average Bonchev–Trinajstić information content (AvgIpc) is 3.08. The third-order valence-electron chi connectivity index (χ3n) is 4.59. The number of carbonyl (C=O) groups is 1. The second kappa shape index (κ2) is 7.86. The summed E-state index contributed by atoms with van der Waals surface area (Å²) in [5.41, 5.74) is 0.289. The number of hydrogen-bond donors (Lipinski definition) is 1. The monoisotopic (exact) mass is 365 g/mol. The summed E-state index contributed by atoms with van der Waals surface area (Å²) in [7, 11) is 3.40. The van der Waals surface area contributed by atoms with Gasteiger partial charge in [-0.05, 0) is 31.7 Å². The van der Waals surface area contributed by atoms with Crippen molar-refractivity contribution in [2.45, 2.75) is 44.3 Å². The van der Waals surface area contributed by atoms with Crippen molar-refractivity contribution in [1.29, 1.82) is 0 Å². The molecule has 1 N–H and O–H groups in total. The van der Waals surface area contributed by atoms with Crippen molar-refractivity contribution in [3.63, 3.8) is 0 Å². The molecule has 7 nitrogen and oxygen atoms in total. The lowest BCUT2D eigenvalue weighted by Gasteiger charge is -2.28. The summed E-state index contributed by atoms with van der Waals surface area (Å²) in [5.74, 6) is -0.801. The Morgan fingerprint density at radius 1 is 1.31 bits per heavy atom. The maximum Gasteiger partial charge on any atom is 0.289 e. The normalized spacial score (nSPS) is 20.3. The highest BCUT2D eigenvalue weighted by Gasteiger charge is 2.25. The molecule has 2 aromatic heterocycles. The molecule has 0 atom stereocenters. The molecule has 26 heavy (non-hydrogen) atoms. The molecule has 9 heteroatoms. The third-order valence-corrected chi connectivity index (χ3v) is 4.59. The zero-order valence-corrected chi connectivity index (χ0v) is 14.7. The Morgan fingerprint density at radius 2 is 2.04 bits per heavy atom. The second-order valence-electron chi connectivity index (χ2n) is 6.37. The SMILES string of the molecule is CO[C@H]1CC[C@H](NC(=O)c2nc(-c3cncn3C)cc(C(F)F)n2)CC1. The average molecular weight is 365 g/mol. The molecule has 1 fully saturated rings. The van der Waals surface area contributed by atoms with Crippen LogP contribution in [0.3, 0.4) is 0 Å². The maximum absolute atomic E-state index is 13.2. The van der Waals surface area contributed by atoms with Crippen LogP contribution in [0.2, 0.25) is 0 Å². The molecular formula is C17H21F2N5O2. The molecule has 0 aliphatic heterocycles. The van der Waals surface area contributed by atoms with Gasteiger partial charge >= 0.3 is 0 Å². The molecule has 1 aliphatic rings. The van der Waals surface area contributed by atoms with E-state index in [1.165, 1.54) is 18.6 Å². The van der Waals surface area contributed by atoms with Gasteiger partial charge in [0.25, 0.3) is 12.3 Å². The lowest BCUT2D eigenvalue weighted by molar-refractivity contribution is 0.0597. The van der Waals surface area contributed by atoms with E-state index in [0.29, 0.717) is 5.69 Å². The Hall–Kier alpha value is -2.42. The van der Waals surface area contributed by atoms with Crippen molar-refractivity contribution in [3.05, 3.63) is 30.1 Å². The second-order valence-corrected chi connectivity index (χ2v) is 6.37. The first kappa shape index (κ1) is 18.4. The van der Waals surface area contributed by atoms with E-state index in [1.54, 1.807) is 18.7 Å². The van der Waals surface area contributed by atoms with E-state index in [9.17, 15) is 13.6 Å². The molecule has 0 aromatic carbocycles. The summed E-state index contributed by atoms with van der Waals surface area (Å²) < 4.78 is 33.4. The predicted octanol–water partition coefficient (Wildman–Crippen LogP) is 2.50. The molecule has 140 valence electrons. The first-order chi connectivity index (χ1) is 12.5. The van der Waals surface area contributed by atoms with Crippen molar-refractivity contribution >= 4 is 5.91 Å². The number of carbonyl (C=O) groups excluding carboxylic acids is 1. The smallest absolute Gasteiger partial charge is 0.289 e. The molecule has 0 bridgehead atoms. The summed E-state index contributed by atoms with van der Waals surface area (Å²) in [5, 5.41) is 2.85. The predicted molar refractivity (Wildman–Crippen MR) is 89.7 cm³/mol. The molecule has 3 rings (SSSR count). The Kier molecular flexibility index (Phi) is 5.55. The Labute approximate surface area is 149 Å². The number of methoxy groups -OCH3 is 1. The summed E-state index contributed by atoms with van der Waals surface area (Å²) >= 11 is 0. The Balaban J connectivity index is 1.81. The number of alkyl halides is 2. The molecule has 0 spiro atoms. The molecule has 1 saturated carbocycles. The van der Waals surface area contributed by atoms with Crippen molar-refractivity contribution in [2.24, 2.45) is 7.05 Å². The van der Waals surface area contributed by atoms with E-state index in [1.807, 2.05) is 0 Å². The van der Waals surface area contributed by atoms with Gasteiger partial charge in [-0.1, -0.05) is 0 Å². The zero-order valence-electron chi connectivity index (χ0n) is 14.7. The van der Waals surface area contributed by atoms with Crippen LogP contribution < -0.4 is 5.32 Å². The van der Waals surface area contributed by atoms with Crippen molar-refractivity contribution in [3.8, 4) is 11.4 Å². The van der Waals surface area contributed by atoms with E-state index in [-0.39, 0.29) is 23.7 Å². The number of aromatic nitrogens is 4. The minimum absolute atomic E-state index is 0.0344. The molecule has 0 radical (unpaired) electrons. The van der Waals surface area contributed by atoms with Gasteiger partial charge in [-0.3, -0.25) is 4.79 Å². The summed E-state index contributed by atoms with van der Waals surface area (Å²) in [4.78, 5) is 24.4. The fourth-order valence-electron chi connectivity index (χ4n) is 3.11. The molecule has 1 aliphatic carbocycles. The van der Waals surface area contributed by atoms with Gasteiger partial charge in [0.05, 0.1) is 30.0 Å². The van der Waals surface area contributed by atoms with Crippen LogP contribution in [0.5, 0.6) is 0 Å². The van der Waals surface area contributed by atoms with Crippen molar-refractivity contribution in [2.75, 3.05) is 7.11 Å². The van der Waals surface area contributed by atoms with Gasteiger partial charge in [-0.2, -0.15) is 0 Å². The van der Waals surface area contributed by atoms with Crippen LogP contribution in [0.25, 0.3) is 11.4 Å². The number of hydrogen-bond acceptors (Lipinski definition) is 5. The van der Waals surface area contributed by atoms with Crippen LogP contribution in [0, 0.1) is 0 Å². The highest BCUT2D eigenvalue weighted by Crippen LogP contribution is 2.24. The summed E-state index contributed by atoms with van der Waals surface area (Å²) in [6.07, 6.45) is 3.69. The lowest BCUT2D eigenvalue weighted by atomic mass is 9.93. The fourth-order valence-corrected chi connectivity index (χ4v) is 3.11. The molecule has 1 amide bonds. The fraction of sp³-hybridized carbons (Fsp3) is 0.529. The van der Waals surface area contributed by atoms with Crippen molar-refractivity contribution in [1.82, 2.24) is 24.8 Å². The topological polar surface area (TPSA) is 81.9 Å². The number of rotatable bonds is 5. The van der Waals surface area contributed by atoms with E-state index in [4.69, 9.17) is 4.74 Å². The van der Waals surface area contributed by atoms with E-state index in [0.717, 1.165) is 25.7 Å². The number of nitrogens with one attached hydrogen (secondary N) is 1. The van der Waals surface area contributed by atoms with Crippen LogP contribution in [0.15, 0.2) is 18.6 Å². The first-order valence-electron chi connectivity index (χ1n) is 8.45. The molecular weight excluding hydrogens is 344 g/mol. The highest BCUT2D eigenvalue weighted by molar-refractivity contribution is 5.91. The summed E-state index contributed by atoms with van der Waals surface area (Å²) in [6.45, 7) is 0. The lowest BCUT2D eigenvalue weighted by Crippen LogP contribution is -2.39. The van der Waals surface area contributed by atoms with E-state index >= 15 is 0 Å². The van der Waals surface area contributed by atoms with Gasteiger partial charge in [0.15, 0.2) is 0 Å². The van der Waals surface area contributed by atoms with Gasteiger partial charge < -0.3 is 14.6 Å². The maximum atomic E-state index is 13.2. The molecule has 0 unspecified atom stereocenters. The van der Waals surface area contributed by atoms with Crippen LogP contribution in [0.4, 0.5) is 8.78 Å². The molecule has 0 saturated heterocycles. The Morgan fingerprint density at radius 3 is 2.62 bits per heavy atom. The number of nitrogens with zero attached hydrogens (tertiary/aromatic N) is 4. The van der Waals surface area contributed by atoms with Gasteiger partial charge in [0, 0.05) is 20.2 Å². The highest BCUT2D eigenvalue weighted by atomic mass is 19.3. The van der Waals surface area contributed by atoms with Crippen molar-refractivity contribution < 1.29 is 18.3 Å². The zero-order chi connectivity index (χ0) is 18.7. The van der Waals surface area contributed by atoms with Crippen LogP contribution in [-0.4, -0.2) is 44.7 Å². The largest absolute Gasteiger partial charge is 0.381 e. The number of aryl methyl sites for hydroxylation is 1. The molecule has 2 heterocycles. The number of halogens is 2. The van der Waals surface area contributed by atoms with Gasteiger partial charge in [-0.15, -0.1) is 0 Å². The number of ether oxygens (including phenoxy) is 1. The Bertz CT molecular complexity index is 772. The van der Waals surface area contributed by atoms with Crippen LogP contribution >= 0.6 is 0 Å². The number of imidazole rings is 1. The third kappa shape index (κ3) is 4.04. The minimum Gasteiger partial charge on any atom is -0.381 e. The van der Waals surface area contributed by atoms with Crippen LogP contribution in [0.1, 0.15) is 48.4 Å². The van der Waals surface area contributed by atoms with Crippen LogP contribution in [-0.2, 0) is 11.8 Å². The first-order valence-corrected chi connectivity index (χ1v) is 8.45. The standard InChI is InChI=1S/C17H21F2N5O2/c1-24-9-20-8-14(24)12-7-13(15(18)19)23-16(22-12)17(25)21-10-3-5-11(26-2)6-4-10/h7-11,15H,3-6H2,1-2H3,(H,21,25)/t10-,11-. The van der Waals surface area contributed by atoms with Gasteiger partial charge in [0.2, 0.25) is 5.82 Å². The van der Waals surface area contributed by atoms with Gasteiger partial charge in [-0.25, -0.2) is 23.7 Å². The quantitative estimate of drug-likeness (QED) is 0.880. The molecule has 2 aromatic rings. The summed E-state index contributed by atoms with van der Waals surface area (Å²) in [6, 6.07) is 1.15. The number of amides is 1. The van der Waals surface area contributed by atoms with Gasteiger partial charge in [0.1, 0.15) is 5.69 Å². The van der Waals surface area contributed by atoms with E-state index < -0.39 is 18.0 Å². The van der Waals surface area contributed by atoms with E-state index in [2.05, 4.69) is 20.3 Å².